The van der Waals surface area contributed by atoms with Crippen molar-refractivity contribution in [1.29, 1.82) is 0 Å². The Morgan fingerprint density at radius 3 is 2.33 bits per heavy atom. The second kappa shape index (κ2) is 5.80. The highest BCUT2D eigenvalue weighted by Crippen LogP contribution is 2.48. The molecule has 2 aliphatic rings. The van der Waals surface area contributed by atoms with Crippen molar-refractivity contribution < 1.29 is 0 Å². The molecule has 4 rings (SSSR count). The highest BCUT2D eigenvalue weighted by molar-refractivity contribution is 5.85. The van der Waals surface area contributed by atoms with Crippen molar-refractivity contribution in [3.8, 4) is 0 Å². The first-order valence-corrected chi connectivity index (χ1v) is 9.19. The van der Waals surface area contributed by atoms with Gasteiger partial charge in [-0.05, 0) is 64.3 Å². The van der Waals surface area contributed by atoms with Crippen molar-refractivity contribution in [1.82, 2.24) is 4.98 Å². The van der Waals surface area contributed by atoms with E-state index in [-0.39, 0.29) is 0 Å². The molecule has 1 aliphatic heterocycles. The van der Waals surface area contributed by atoms with E-state index in [1.54, 1.807) is 0 Å². The van der Waals surface area contributed by atoms with Gasteiger partial charge in [0.1, 0.15) is 6.17 Å². The van der Waals surface area contributed by atoms with E-state index in [4.69, 9.17) is 4.98 Å². The summed E-state index contributed by atoms with van der Waals surface area (Å²) < 4.78 is 0. The van der Waals surface area contributed by atoms with Crippen molar-refractivity contribution in [2.75, 3.05) is 9.80 Å². The third-order valence-corrected chi connectivity index (χ3v) is 5.64. The zero-order valence-corrected chi connectivity index (χ0v) is 15.2. The molecule has 0 amide bonds. The summed E-state index contributed by atoms with van der Waals surface area (Å²) in [6.45, 7) is 8.78. The maximum Gasteiger partial charge on any atom is 0.104 e. The lowest BCUT2D eigenvalue weighted by molar-refractivity contribution is 0.554. The minimum absolute atomic E-state index is 0.340. The number of fused-ring (bicyclic) bond motifs is 1. The van der Waals surface area contributed by atoms with Gasteiger partial charge >= 0.3 is 0 Å². The minimum atomic E-state index is 0.340. The topological polar surface area (TPSA) is 19.4 Å². The van der Waals surface area contributed by atoms with Gasteiger partial charge in [-0.1, -0.05) is 25.0 Å². The van der Waals surface area contributed by atoms with Crippen LogP contribution in [0.25, 0.3) is 0 Å². The van der Waals surface area contributed by atoms with Crippen LogP contribution >= 0.6 is 0 Å². The average Bonchev–Trinajstić information content (AvgIpc) is 3.13. The molecule has 3 heteroatoms. The van der Waals surface area contributed by atoms with E-state index in [1.807, 2.05) is 0 Å². The van der Waals surface area contributed by atoms with E-state index in [9.17, 15) is 0 Å². The van der Waals surface area contributed by atoms with E-state index >= 15 is 0 Å². The number of nitrogens with zero attached hydrogens (tertiary/aromatic N) is 3. The van der Waals surface area contributed by atoms with Gasteiger partial charge in [0.05, 0.1) is 22.8 Å². The number of rotatable bonds is 2. The molecule has 0 unspecified atom stereocenters. The van der Waals surface area contributed by atoms with Gasteiger partial charge in [-0.3, -0.25) is 4.98 Å². The molecule has 0 saturated heterocycles. The molecule has 2 aromatic rings. The molecule has 0 N–H and O–H groups in total. The number of benzene rings is 1. The Hall–Kier alpha value is -2.03. The monoisotopic (exact) mass is 321 g/mol. The van der Waals surface area contributed by atoms with Crippen LogP contribution in [-0.2, 0) is 0 Å². The molecule has 2 heterocycles. The van der Waals surface area contributed by atoms with Gasteiger partial charge in [0.2, 0.25) is 0 Å². The predicted molar refractivity (Wildman–Crippen MR) is 101 cm³/mol. The van der Waals surface area contributed by atoms with Crippen LogP contribution in [0.1, 0.15) is 49.6 Å². The SMILES string of the molecule is Cc1cc(C)c(N2c3ccccc3N(C3CCCC3)[C@H]2C)c(C)n1. The summed E-state index contributed by atoms with van der Waals surface area (Å²) in [4.78, 5) is 9.91. The molecule has 24 heavy (non-hydrogen) atoms. The molecule has 0 radical (unpaired) electrons. The van der Waals surface area contributed by atoms with Gasteiger partial charge in [-0.2, -0.15) is 0 Å². The van der Waals surface area contributed by atoms with Crippen molar-refractivity contribution >= 4 is 17.1 Å². The fourth-order valence-electron chi connectivity index (χ4n) is 4.79. The fourth-order valence-corrected chi connectivity index (χ4v) is 4.79. The lowest BCUT2D eigenvalue weighted by atomic mass is 10.1. The van der Waals surface area contributed by atoms with Gasteiger partial charge in [0.25, 0.3) is 0 Å². The number of pyridine rings is 1. The molecule has 1 fully saturated rings. The van der Waals surface area contributed by atoms with E-state index in [2.05, 4.69) is 67.8 Å². The zero-order chi connectivity index (χ0) is 16.8. The number of aromatic nitrogens is 1. The summed E-state index contributed by atoms with van der Waals surface area (Å²) >= 11 is 0. The molecule has 1 aromatic carbocycles. The highest BCUT2D eigenvalue weighted by atomic mass is 15.4. The molecular weight excluding hydrogens is 294 g/mol. The Morgan fingerprint density at radius 2 is 1.67 bits per heavy atom. The number of aryl methyl sites for hydroxylation is 3. The van der Waals surface area contributed by atoms with Crippen LogP contribution < -0.4 is 9.80 Å². The number of hydrogen-bond acceptors (Lipinski definition) is 3. The summed E-state index contributed by atoms with van der Waals surface area (Å²) in [7, 11) is 0. The molecule has 0 spiro atoms. The normalized spacial score (nSPS) is 20.8. The van der Waals surface area contributed by atoms with Crippen LogP contribution in [0.3, 0.4) is 0 Å². The van der Waals surface area contributed by atoms with Gasteiger partial charge in [0, 0.05) is 11.7 Å². The van der Waals surface area contributed by atoms with E-state index in [0.717, 1.165) is 11.4 Å². The maximum absolute atomic E-state index is 4.75. The minimum Gasteiger partial charge on any atom is -0.346 e. The molecule has 126 valence electrons. The number of hydrogen-bond donors (Lipinski definition) is 0. The van der Waals surface area contributed by atoms with Crippen LogP contribution in [0.4, 0.5) is 17.1 Å². The third kappa shape index (κ3) is 2.29. The summed E-state index contributed by atoms with van der Waals surface area (Å²) in [6, 6.07) is 11.8. The van der Waals surface area contributed by atoms with E-state index in [0.29, 0.717) is 12.2 Å². The first-order chi connectivity index (χ1) is 11.6. The Bertz CT molecular complexity index is 738. The summed E-state index contributed by atoms with van der Waals surface area (Å²) in [5, 5.41) is 0. The summed E-state index contributed by atoms with van der Waals surface area (Å²) in [5.74, 6) is 0. The largest absolute Gasteiger partial charge is 0.346 e. The first kappa shape index (κ1) is 15.5. The quantitative estimate of drug-likeness (QED) is 0.752. The van der Waals surface area contributed by atoms with Crippen LogP contribution in [-0.4, -0.2) is 17.2 Å². The molecule has 0 bridgehead atoms. The molecule has 1 atom stereocenters. The van der Waals surface area contributed by atoms with Crippen molar-refractivity contribution in [2.45, 2.75) is 65.6 Å². The summed E-state index contributed by atoms with van der Waals surface area (Å²) in [5.41, 5.74) is 7.53. The smallest absolute Gasteiger partial charge is 0.104 e. The molecule has 1 aliphatic carbocycles. The van der Waals surface area contributed by atoms with E-state index in [1.165, 1.54) is 48.3 Å². The molecule has 1 saturated carbocycles. The van der Waals surface area contributed by atoms with Crippen molar-refractivity contribution in [3.63, 3.8) is 0 Å². The standard InChI is InChI=1S/C21H27N3/c1-14-13-15(2)22-16(3)21(14)24-17(4)23(18-9-5-6-10-18)19-11-7-8-12-20(19)24/h7-8,11-13,17-18H,5-6,9-10H2,1-4H3/t17-/m1/s1. The van der Waals surface area contributed by atoms with Crippen LogP contribution in [0.15, 0.2) is 30.3 Å². The summed E-state index contributed by atoms with van der Waals surface area (Å²) in [6.07, 6.45) is 5.69. The molecule has 1 aromatic heterocycles. The number of para-hydroxylation sites is 2. The Kier molecular flexibility index (Phi) is 3.75. The molecule has 3 nitrogen and oxygen atoms in total. The van der Waals surface area contributed by atoms with Crippen LogP contribution in [0.2, 0.25) is 0 Å². The second-order valence-electron chi connectivity index (χ2n) is 7.35. The van der Waals surface area contributed by atoms with Gasteiger partial charge in [-0.15, -0.1) is 0 Å². The second-order valence-corrected chi connectivity index (χ2v) is 7.35. The lowest BCUT2D eigenvalue weighted by Gasteiger charge is -2.35. The van der Waals surface area contributed by atoms with Gasteiger partial charge in [-0.25, -0.2) is 0 Å². The third-order valence-electron chi connectivity index (χ3n) is 5.64. The Morgan fingerprint density at radius 1 is 1.00 bits per heavy atom. The fraction of sp³-hybridized carbons (Fsp3) is 0.476. The van der Waals surface area contributed by atoms with Crippen molar-refractivity contribution in [2.24, 2.45) is 0 Å². The number of anilines is 3. The van der Waals surface area contributed by atoms with Gasteiger partial charge in [0.15, 0.2) is 0 Å². The Balaban J connectivity index is 1.85. The molecular formula is C21H27N3. The Labute approximate surface area is 145 Å². The van der Waals surface area contributed by atoms with Crippen LogP contribution in [0.5, 0.6) is 0 Å². The lowest BCUT2D eigenvalue weighted by Crippen LogP contribution is -2.44. The van der Waals surface area contributed by atoms with Crippen LogP contribution in [0, 0.1) is 20.8 Å². The highest BCUT2D eigenvalue weighted by Gasteiger charge is 2.39. The maximum atomic E-state index is 4.75. The van der Waals surface area contributed by atoms with E-state index < -0.39 is 0 Å². The zero-order valence-electron chi connectivity index (χ0n) is 15.2. The van der Waals surface area contributed by atoms with Gasteiger partial charge < -0.3 is 9.80 Å². The average molecular weight is 321 g/mol. The first-order valence-electron chi connectivity index (χ1n) is 9.19. The predicted octanol–water partition coefficient (Wildman–Crippen LogP) is 5.25. The van der Waals surface area contributed by atoms with Crippen molar-refractivity contribution in [3.05, 3.63) is 47.3 Å².